The van der Waals surface area contributed by atoms with E-state index in [-0.39, 0.29) is 12.4 Å². The maximum Gasteiger partial charge on any atom is 0.324 e. The van der Waals surface area contributed by atoms with E-state index >= 15 is 0 Å². The number of hydrogen-bond acceptors (Lipinski definition) is 5. The van der Waals surface area contributed by atoms with Crippen molar-refractivity contribution < 1.29 is 19.4 Å². The second-order valence-corrected chi connectivity index (χ2v) is 4.55. The molecule has 1 saturated heterocycles. The summed E-state index contributed by atoms with van der Waals surface area (Å²) >= 11 is 1.61. The zero-order valence-corrected chi connectivity index (χ0v) is 9.43. The fourth-order valence-electron chi connectivity index (χ4n) is 1.45. The molecule has 1 atom stereocenters. The highest BCUT2D eigenvalue weighted by atomic mass is 32.2. The SMILES string of the molecule is COC(=O)CCNC1(C(=O)O)CCSC1. The Morgan fingerprint density at radius 2 is 2.33 bits per heavy atom. The van der Waals surface area contributed by atoms with Crippen molar-refractivity contribution in [2.45, 2.75) is 18.4 Å². The predicted molar refractivity (Wildman–Crippen MR) is 56.9 cm³/mol. The van der Waals surface area contributed by atoms with Gasteiger partial charge in [0, 0.05) is 12.3 Å². The molecule has 86 valence electrons. The average molecular weight is 233 g/mol. The highest BCUT2D eigenvalue weighted by molar-refractivity contribution is 7.99. The number of nitrogens with one attached hydrogen (secondary N) is 1. The van der Waals surface area contributed by atoms with Gasteiger partial charge < -0.3 is 15.2 Å². The number of thioether (sulfide) groups is 1. The van der Waals surface area contributed by atoms with Crippen LogP contribution in [-0.2, 0) is 14.3 Å². The molecule has 1 aliphatic rings. The second-order valence-electron chi connectivity index (χ2n) is 3.44. The lowest BCUT2D eigenvalue weighted by atomic mass is 9.99. The third-order valence-electron chi connectivity index (χ3n) is 2.45. The molecule has 0 bridgehead atoms. The number of esters is 1. The monoisotopic (exact) mass is 233 g/mol. The van der Waals surface area contributed by atoms with Gasteiger partial charge in [-0.25, -0.2) is 0 Å². The van der Waals surface area contributed by atoms with E-state index in [0.29, 0.717) is 18.7 Å². The van der Waals surface area contributed by atoms with Crippen LogP contribution in [0.1, 0.15) is 12.8 Å². The number of hydrogen-bond donors (Lipinski definition) is 2. The van der Waals surface area contributed by atoms with Crippen molar-refractivity contribution in [3.05, 3.63) is 0 Å². The van der Waals surface area contributed by atoms with Crippen molar-refractivity contribution in [2.75, 3.05) is 25.2 Å². The van der Waals surface area contributed by atoms with Gasteiger partial charge >= 0.3 is 11.9 Å². The van der Waals surface area contributed by atoms with Crippen LogP contribution >= 0.6 is 11.8 Å². The minimum Gasteiger partial charge on any atom is -0.480 e. The van der Waals surface area contributed by atoms with Crippen LogP contribution in [0.2, 0.25) is 0 Å². The van der Waals surface area contributed by atoms with Gasteiger partial charge in [-0.15, -0.1) is 0 Å². The molecular weight excluding hydrogens is 218 g/mol. The standard InChI is InChI=1S/C9H15NO4S/c1-14-7(11)2-4-10-9(8(12)13)3-5-15-6-9/h10H,2-6H2,1H3,(H,12,13). The van der Waals surface area contributed by atoms with Crippen LogP contribution in [0.3, 0.4) is 0 Å². The molecule has 0 aliphatic carbocycles. The minimum atomic E-state index is -0.849. The van der Waals surface area contributed by atoms with Crippen LogP contribution < -0.4 is 5.32 Å². The number of rotatable bonds is 5. The van der Waals surface area contributed by atoms with E-state index in [1.807, 2.05) is 0 Å². The zero-order chi connectivity index (χ0) is 11.3. The molecule has 0 amide bonds. The summed E-state index contributed by atoms with van der Waals surface area (Å²) in [5.41, 5.74) is -0.849. The molecule has 15 heavy (non-hydrogen) atoms. The predicted octanol–water partition coefficient (Wildman–Crippen LogP) is 0.0994. The van der Waals surface area contributed by atoms with E-state index in [1.54, 1.807) is 11.8 Å². The van der Waals surface area contributed by atoms with Crippen molar-refractivity contribution in [1.82, 2.24) is 5.32 Å². The highest BCUT2D eigenvalue weighted by Crippen LogP contribution is 2.28. The van der Waals surface area contributed by atoms with Crippen molar-refractivity contribution in [3.8, 4) is 0 Å². The number of carbonyl (C=O) groups excluding carboxylic acids is 1. The van der Waals surface area contributed by atoms with Crippen LogP contribution in [0, 0.1) is 0 Å². The summed E-state index contributed by atoms with van der Waals surface area (Å²) in [4.78, 5) is 21.9. The second kappa shape index (κ2) is 5.37. The lowest BCUT2D eigenvalue weighted by Gasteiger charge is -2.24. The van der Waals surface area contributed by atoms with Crippen LogP contribution in [0.25, 0.3) is 0 Å². The van der Waals surface area contributed by atoms with Crippen LogP contribution in [0.5, 0.6) is 0 Å². The highest BCUT2D eigenvalue weighted by Gasteiger charge is 2.41. The van der Waals surface area contributed by atoms with Gasteiger partial charge in [-0.05, 0) is 12.2 Å². The Bertz CT molecular complexity index is 250. The summed E-state index contributed by atoms with van der Waals surface area (Å²) in [6.45, 7) is 0.347. The molecule has 2 N–H and O–H groups in total. The Morgan fingerprint density at radius 1 is 1.60 bits per heavy atom. The third kappa shape index (κ3) is 3.10. The van der Waals surface area contributed by atoms with Gasteiger partial charge in [-0.2, -0.15) is 11.8 Å². The van der Waals surface area contributed by atoms with Gasteiger partial charge in [0.2, 0.25) is 0 Å². The topological polar surface area (TPSA) is 75.6 Å². The Balaban J connectivity index is 2.39. The summed E-state index contributed by atoms with van der Waals surface area (Å²) in [5.74, 6) is 0.243. The molecule has 1 aliphatic heterocycles. The van der Waals surface area contributed by atoms with E-state index < -0.39 is 11.5 Å². The van der Waals surface area contributed by atoms with E-state index in [2.05, 4.69) is 10.1 Å². The maximum absolute atomic E-state index is 11.1. The quantitative estimate of drug-likeness (QED) is 0.656. The first-order valence-corrected chi connectivity index (χ1v) is 5.89. The zero-order valence-electron chi connectivity index (χ0n) is 8.62. The molecule has 5 nitrogen and oxygen atoms in total. The third-order valence-corrected chi connectivity index (χ3v) is 3.64. The molecule has 1 heterocycles. The average Bonchev–Trinajstić information content (AvgIpc) is 2.67. The summed E-state index contributed by atoms with van der Waals surface area (Å²) in [7, 11) is 1.32. The van der Waals surface area contributed by atoms with Crippen molar-refractivity contribution in [3.63, 3.8) is 0 Å². The van der Waals surface area contributed by atoms with Crippen LogP contribution in [0.15, 0.2) is 0 Å². The number of carboxylic acids is 1. The lowest BCUT2D eigenvalue weighted by Crippen LogP contribution is -2.52. The van der Waals surface area contributed by atoms with Crippen molar-refractivity contribution in [1.29, 1.82) is 0 Å². The number of carbonyl (C=O) groups is 2. The molecule has 0 spiro atoms. The molecule has 6 heteroatoms. The Kier molecular flexibility index (Phi) is 4.41. The Morgan fingerprint density at radius 3 is 2.80 bits per heavy atom. The molecule has 1 unspecified atom stereocenters. The molecule has 0 aromatic heterocycles. The number of ether oxygens (including phenoxy) is 1. The molecule has 0 aromatic carbocycles. The summed E-state index contributed by atoms with van der Waals surface area (Å²) in [6, 6.07) is 0. The smallest absolute Gasteiger partial charge is 0.324 e. The summed E-state index contributed by atoms with van der Waals surface area (Å²) in [6.07, 6.45) is 0.810. The first-order valence-electron chi connectivity index (χ1n) is 4.74. The van der Waals surface area contributed by atoms with Gasteiger partial charge in [0.05, 0.1) is 13.5 Å². The fraction of sp³-hybridized carbons (Fsp3) is 0.778. The largest absolute Gasteiger partial charge is 0.480 e. The fourth-order valence-corrected chi connectivity index (χ4v) is 2.81. The van der Waals surface area contributed by atoms with Crippen LogP contribution in [-0.4, -0.2) is 47.7 Å². The summed E-state index contributed by atoms with van der Waals surface area (Å²) in [5, 5.41) is 12.0. The van der Waals surface area contributed by atoms with Gasteiger partial charge in [0.25, 0.3) is 0 Å². The van der Waals surface area contributed by atoms with E-state index in [1.165, 1.54) is 7.11 Å². The molecule has 1 rings (SSSR count). The maximum atomic E-state index is 11.1. The normalized spacial score (nSPS) is 25.1. The molecule has 1 fully saturated rings. The van der Waals surface area contributed by atoms with E-state index in [0.717, 1.165) is 5.75 Å². The van der Waals surface area contributed by atoms with E-state index in [4.69, 9.17) is 5.11 Å². The van der Waals surface area contributed by atoms with Gasteiger partial charge in [-0.1, -0.05) is 0 Å². The van der Waals surface area contributed by atoms with E-state index in [9.17, 15) is 9.59 Å². The lowest BCUT2D eigenvalue weighted by molar-refractivity contribution is -0.145. The van der Waals surface area contributed by atoms with Gasteiger partial charge in [-0.3, -0.25) is 9.59 Å². The molecule has 0 radical (unpaired) electrons. The van der Waals surface area contributed by atoms with Crippen molar-refractivity contribution >= 4 is 23.7 Å². The first-order chi connectivity index (χ1) is 7.10. The van der Waals surface area contributed by atoms with Gasteiger partial charge in [0.15, 0.2) is 0 Å². The number of aliphatic carboxylic acids is 1. The van der Waals surface area contributed by atoms with Gasteiger partial charge in [0.1, 0.15) is 5.54 Å². The molecule has 0 aromatic rings. The molecular formula is C9H15NO4S. The minimum absolute atomic E-state index is 0.205. The number of carboxylic acid groups (broad SMARTS) is 1. The Labute approximate surface area is 92.6 Å². The van der Waals surface area contributed by atoms with Crippen molar-refractivity contribution in [2.24, 2.45) is 0 Å². The first kappa shape index (κ1) is 12.3. The summed E-state index contributed by atoms with van der Waals surface area (Å²) < 4.78 is 4.48. The Hall–Kier alpha value is -0.750. The number of methoxy groups -OCH3 is 1. The molecule has 0 saturated carbocycles. The van der Waals surface area contributed by atoms with Crippen LogP contribution in [0.4, 0.5) is 0 Å².